The van der Waals surface area contributed by atoms with Crippen molar-refractivity contribution >= 4 is 22.3 Å². The first-order valence-corrected chi connectivity index (χ1v) is 10.00. The fourth-order valence-corrected chi connectivity index (χ4v) is 3.64. The number of hydrogen-bond acceptors (Lipinski definition) is 8. The van der Waals surface area contributed by atoms with Crippen molar-refractivity contribution in [1.29, 1.82) is 0 Å². The van der Waals surface area contributed by atoms with E-state index in [4.69, 9.17) is 23.4 Å². The Labute approximate surface area is 189 Å². The number of methoxy groups -OCH3 is 4. The molecule has 0 radical (unpaired) electrons. The molecule has 1 aromatic heterocycles. The molecule has 33 heavy (non-hydrogen) atoms. The Morgan fingerprint density at radius 2 is 1.48 bits per heavy atom. The summed E-state index contributed by atoms with van der Waals surface area (Å²) in [5.74, 6) is 2.00. The predicted octanol–water partition coefficient (Wildman–Crippen LogP) is 4.94. The lowest BCUT2D eigenvalue weighted by atomic mass is 10.0. The molecule has 0 amide bonds. The second kappa shape index (κ2) is 9.04. The van der Waals surface area contributed by atoms with Gasteiger partial charge in [-0.05, 0) is 29.8 Å². The number of rotatable bonds is 7. The molecule has 4 rings (SSSR count). The van der Waals surface area contributed by atoms with Crippen LogP contribution in [0.3, 0.4) is 0 Å². The van der Waals surface area contributed by atoms with Gasteiger partial charge in [-0.25, -0.2) is 4.79 Å². The van der Waals surface area contributed by atoms with Crippen molar-refractivity contribution in [3.05, 3.63) is 65.0 Å². The molecule has 0 saturated heterocycles. The van der Waals surface area contributed by atoms with E-state index in [1.807, 2.05) is 0 Å². The van der Waals surface area contributed by atoms with Gasteiger partial charge in [0.25, 0.3) is 0 Å². The Morgan fingerprint density at radius 3 is 2.06 bits per heavy atom. The number of fused-ring (bicyclic) bond motifs is 1. The van der Waals surface area contributed by atoms with Crippen LogP contribution in [0.5, 0.6) is 28.7 Å². The number of anilines is 2. The highest BCUT2D eigenvalue weighted by molar-refractivity contribution is 6.00. The largest absolute Gasteiger partial charge is 0.508 e. The minimum absolute atomic E-state index is 0.0124. The Balaban J connectivity index is 1.96. The molecule has 4 aromatic rings. The molecule has 0 aliphatic rings. The van der Waals surface area contributed by atoms with Gasteiger partial charge in [-0.15, -0.1) is 0 Å². The number of hydrogen-bond donors (Lipinski definition) is 2. The molecule has 1 heterocycles. The summed E-state index contributed by atoms with van der Waals surface area (Å²) in [6.07, 6.45) is 0. The van der Waals surface area contributed by atoms with Crippen molar-refractivity contribution in [2.45, 2.75) is 0 Å². The summed E-state index contributed by atoms with van der Waals surface area (Å²) in [4.78, 5) is 13.1. The first-order valence-electron chi connectivity index (χ1n) is 10.00. The average Bonchev–Trinajstić information content (AvgIpc) is 2.83. The van der Waals surface area contributed by atoms with Crippen molar-refractivity contribution in [2.24, 2.45) is 0 Å². The van der Waals surface area contributed by atoms with Crippen LogP contribution in [0.2, 0.25) is 0 Å². The fourth-order valence-electron chi connectivity index (χ4n) is 3.64. The van der Waals surface area contributed by atoms with Gasteiger partial charge in [-0.1, -0.05) is 12.1 Å². The van der Waals surface area contributed by atoms with Gasteiger partial charge in [0.1, 0.15) is 17.1 Å². The van der Waals surface area contributed by atoms with Crippen molar-refractivity contribution in [2.75, 3.05) is 33.8 Å². The van der Waals surface area contributed by atoms with E-state index in [1.165, 1.54) is 33.5 Å². The molecule has 170 valence electrons. The minimum atomic E-state index is -0.562. The monoisotopic (exact) mass is 449 g/mol. The maximum absolute atomic E-state index is 13.1. The quantitative estimate of drug-likeness (QED) is 0.383. The van der Waals surface area contributed by atoms with Crippen LogP contribution in [-0.2, 0) is 0 Å². The number of phenols is 1. The number of phenolic OH excluding ortho intramolecular Hbond substituents is 1. The third-order valence-corrected chi connectivity index (χ3v) is 5.20. The molecule has 8 nitrogen and oxygen atoms in total. The van der Waals surface area contributed by atoms with Gasteiger partial charge in [0.15, 0.2) is 11.5 Å². The zero-order valence-corrected chi connectivity index (χ0v) is 18.6. The summed E-state index contributed by atoms with van der Waals surface area (Å²) in [5, 5.41) is 13.8. The first-order chi connectivity index (χ1) is 16.0. The van der Waals surface area contributed by atoms with Crippen molar-refractivity contribution in [3.8, 4) is 39.9 Å². The highest BCUT2D eigenvalue weighted by Crippen LogP contribution is 2.42. The summed E-state index contributed by atoms with van der Waals surface area (Å²) in [7, 11) is 6.15. The Kier molecular flexibility index (Phi) is 5.99. The summed E-state index contributed by atoms with van der Waals surface area (Å²) >= 11 is 0. The van der Waals surface area contributed by atoms with Gasteiger partial charge in [-0.3, -0.25) is 0 Å². The van der Waals surface area contributed by atoms with E-state index in [0.717, 1.165) is 0 Å². The van der Waals surface area contributed by atoms with Crippen LogP contribution in [0.15, 0.2) is 63.8 Å². The van der Waals surface area contributed by atoms with Crippen LogP contribution in [0.1, 0.15) is 0 Å². The maximum Gasteiger partial charge on any atom is 0.346 e. The highest BCUT2D eigenvalue weighted by Gasteiger charge is 2.20. The molecule has 0 spiro atoms. The molecule has 2 N–H and O–H groups in total. The van der Waals surface area contributed by atoms with Gasteiger partial charge in [-0.2, -0.15) is 0 Å². The van der Waals surface area contributed by atoms with Crippen LogP contribution >= 0.6 is 0 Å². The average molecular weight is 449 g/mol. The normalized spacial score (nSPS) is 10.7. The zero-order chi connectivity index (χ0) is 23.5. The van der Waals surface area contributed by atoms with Crippen LogP contribution in [-0.4, -0.2) is 33.5 Å². The number of aromatic hydroxyl groups is 1. The van der Waals surface area contributed by atoms with Gasteiger partial charge < -0.3 is 33.8 Å². The van der Waals surface area contributed by atoms with Crippen molar-refractivity contribution in [1.82, 2.24) is 0 Å². The molecule has 0 aliphatic carbocycles. The van der Waals surface area contributed by atoms with E-state index in [2.05, 4.69) is 5.32 Å². The maximum atomic E-state index is 13.1. The molecule has 0 unspecified atom stereocenters. The summed E-state index contributed by atoms with van der Waals surface area (Å²) < 4.78 is 27.1. The number of benzene rings is 3. The lowest BCUT2D eigenvalue weighted by Gasteiger charge is -2.17. The van der Waals surface area contributed by atoms with Crippen molar-refractivity contribution in [3.63, 3.8) is 0 Å². The fraction of sp³-hybridized carbons (Fsp3) is 0.160. The first kappa shape index (κ1) is 21.9. The lowest BCUT2D eigenvalue weighted by molar-refractivity contribution is 0.324. The van der Waals surface area contributed by atoms with Crippen molar-refractivity contribution < 1.29 is 28.5 Å². The Bertz CT molecular complexity index is 1340. The Morgan fingerprint density at radius 1 is 0.818 bits per heavy atom. The van der Waals surface area contributed by atoms with E-state index < -0.39 is 5.63 Å². The van der Waals surface area contributed by atoms with Gasteiger partial charge in [0, 0.05) is 29.3 Å². The predicted molar refractivity (Wildman–Crippen MR) is 126 cm³/mol. The highest BCUT2D eigenvalue weighted by atomic mass is 16.5. The molecule has 0 bridgehead atoms. The number of ether oxygens (including phenoxy) is 4. The van der Waals surface area contributed by atoms with Crippen LogP contribution in [0.25, 0.3) is 22.1 Å². The van der Waals surface area contributed by atoms with E-state index in [9.17, 15) is 9.90 Å². The topological polar surface area (TPSA) is 99.4 Å². The second-order valence-electron chi connectivity index (χ2n) is 7.09. The lowest BCUT2D eigenvalue weighted by Crippen LogP contribution is -2.08. The summed E-state index contributed by atoms with van der Waals surface area (Å²) in [6.45, 7) is 0. The molecular weight excluding hydrogens is 426 g/mol. The van der Waals surface area contributed by atoms with Gasteiger partial charge in [0.05, 0.1) is 39.7 Å². The molecule has 8 heteroatoms. The molecule has 0 fully saturated rings. The molecule has 0 saturated carbocycles. The third-order valence-electron chi connectivity index (χ3n) is 5.20. The van der Waals surface area contributed by atoms with E-state index in [0.29, 0.717) is 50.9 Å². The summed E-state index contributed by atoms with van der Waals surface area (Å²) in [5.41, 5.74) is 1.74. The molecule has 0 aliphatic heterocycles. The molecule has 0 atom stereocenters. The third kappa shape index (κ3) is 4.10. The van der Waals surface area contributed by atoms with E-state index in [-0.39, 0.29) is 11.3 Å². The number of nitrogens with one attached hydrogen (secondary N) is 1. The standard InChI is InChI=1S/C25H23NO7/c1-29-17-8-5-14(6-9-17)22-23(18-10-7-16(27)13-19(18)33-25(22)28)26-15-11-20(30-2)24(32-4)21(12-15)31-3/h5-13,26-27H,1-4H3. The van der Waals surface area contributed by atoms with Crippen LogP contribution < -0.4 is 29.9 Å². The van der Waals surface area contributed by atoms with Crippen LogP contribution in [0, 0.1) is 0 Å². The van der Waals surface area contributed by atoms with Crippen LogP contribution in [0.4, 0.5) is 11.4 Å². The summed E-state index contributed by atoms with van der Waals surface area (Å²) in [6, 6.07) is 15.2. The van der Waals surface area contributed by atoms with E-state index >= 15 is 0 Å². The van der Waals surface area contributed by atoms with E-state index in [1.54, 1.807) is 49.6 Å². The van der Waals surface area contributed by atoms with Gasteiger partial charge in [0.2, 0.25) is 5.75 Å². The molecule has 3 aromatic carbocycles. The second-order valence-corrected chi connectivity index (χ2v) is 7.09. The smallest absolute Gasteiger partial charge is 0.346 e. The Hall–Kier alpha value is -4.33. The SMILES string of the molecule is COc1ccc(-c2c(Nc3cc(OC)c(OC)c(OC)c3)c3ccc(O)cc3oc2=O)cc1. The zero-order valence-electron chi connectivity index (χ0n) is 18.6. The molecular formula is C25H23NO7. The van der Waals surface area contributed by atoms with Gasteiger partial charge >= 0.3 is 5.63 Å². The minimum Gasteiger partial charge on any atom is -0.508 e.